The molecule has 0 spiro atoms. The van der Waals surface area contributed by atoms with Crippen LogP contribution >= 0.6 is 23.2 Å². The molecule has 0 aliphatic heterocycles. The molecule has 3 aromatic rings. The summed E-state index contributed by atoms with van der Waals surface area (Å²) in [6, 6.07) is 18.8. The summed E-state index contributed by atoms with van der Waals surface area (Å²) in [6.07, 6.45) is 0.162. The largest absolute Gasteiger partial charge is 0.495 e. The van der Waals surface area contributed by atoms with E-state index in [2.05, 4.69) is 5.32 Å². The van der Waals surface area contributed by atoms with Crippen LogP contribution in [0, 0.1) is 0 Å². The lowest BCUT2D eigenvalue weighted by molar-refractivity contribution is 0.0989. The first kappa shape index (κ1) is 19.9. The minimum atomic E-state index is -0.284. The zero-order chi connectivity index (χ0) is 20.1. The molecular formula is C22H17Cl2NO3. The second kappa shape index (κ2) is 8.91. The third-order valence-corrected chi connectivity index (χ3v) is 4.89. The zero-order valence-electron chi connectivity index (χ0n) is 15.0. The topological polar surface area (TPSA) is 55.4 Å². The van der Waals surface area contributed by atoms with Crippen molar-refractivity contribution in [3.8, 4) is 5.75 Å². The normalized spacial score (nSPS) is 10.4. The lowest BCUT2D eigenvalue weighted by Gasteiger charge is -2.12. The van der Waals surface area contributed by atoms with E-state index in [1.165, 1.54) is 7.11 Å². The Balaban J connectivity index is 1.82. The number of ketones is 1. The molecule has 3 rings (SSSR count). The number of carbonyl (C=O) groups excluding carboxylic acids is 2. The first-order chi connectivity index (χ1) is 13.5. The molecule has 0 aliphatic rings. The van der Waals surface area contributed by atoms with Crippen molar-refractivity contribution in [1.82, 2.24) is 0 Å². The molecule has 0 aliphatic carbocycles. The molecule has 1 N–H and O–H groups in total. The second-order valence-electron chi connectivity index (χ2n) is 6.08. The smallest absolute Gasteiger partial charge is 0.255 e. The van der Waals surface area contributed by atoms with E-state index < -0.39 is 0 Å². The Bertz CT molecular complexity index is 1020. The molecule has 0 fully saturated rings. The van der Waals surface area contributed by atoms with E-state index in [0.29, 0.717) is 32.6 Å². The molecule has 0 saturated heterocycles. The van der Waals surface area contributed by atoms with Gasteiger partial charge in [0.2, 0.25) is 0 Å². The van der Waals surface area contributed by atoms with Gasteiger partial charge in [0.15, 0.2) is 5.78 Å². The molecule has 0 unspecified atom stereocenters. The van der Waals surface area contributed by atoms with Crippen LogP contribution in [0.25, 0.3) is 0 Å². The Morgan fingerprint density at radius 1 is 0.893 bits per heavy atom. The molecule has 4 nitrogen and oxygen atoms in total. The average Bonchev–Trinajstić information content (AvgIpc) is 2.71. The van der Waals surface area contributed by atoms with E-state index in [-0.39, 0.29) is 18.1 Å². The van der Waals surface area contributed by atoms with Crippen LogP contribution in [-0.4, -0.2) is 18.8 Å². The van der Waals surface area contributed by atoms with E-state index in [0.717, 1.165) is 5.56 Å². The summed E-state index contributed by atoms with van der Waals surface area (Å²) in [4.78, 5) is 25.1. The van der Waals surface area contributed by atoms with Crippen LogP contribution in [0.4, 0.5) is 5.69 Å². The fourth-order valence-corrected chi connectivity index (χ4v) is 3.02. The van der Waals surface area contributed by atoms with Crippen LogP contribution in [0.5, 0.6) is 5.75 Å². The maximum atomic E-state index is 12.7. The Hall–Kier alpha value is -2.82. The van der Waals surface area contributed by atoms with Gasteiger partial charge in [-0.05, 0) is 48.0 Å². The van der Waals surface area contributed by atoms with Crippen molar-refractivity contribution in [3.05, 3.63) is 93.5 Å². The van der Waals surface area contributed by atoms with Gasteiger partial charge in [-0.2, -0.15) is 0 Å². The molecule has 0 bridgehead atoms. The highest BCUT2D eigenvalue weighted by Crippen LogP contribution is 2.28. The fourth-order valence-electron chi connectivity index (χ4n) is 2.70. The summed E-state index contributed by atoms with van der Waals surface area (Å²) in [6.45, 7) is 0. The highest BCUT2D eigenvalue weighted by atomic mass is 35.5. The van der Waals surface area contributed by atoms with Crippen molar-refractivity contribution in [3.63, 3.8) is 0 Å². The minimum absolute atomic E-state index is 0.115. The molecule has 3 aromatic carbocycles. The molecule has 0 atom stereocenters. The van der Waals surface area contributed by atoms with Crippen LogP contribution in [0.3, 0.4) is 0 Å². The fraction of sp³-hybridized carbons (Fsp3) is 0.0909. The standard InChI is InChI=1S/C22H17Cl2NO3/c1-28-21-10-8-16(20(26)12-14-7-9-17(23)18(24)11-14)13-19(21)25-22(27)15-5-3-2-4-6-15/h2-11,13H,12H2,1H3,(H,25,27). The van der Waals surface area contributed by atoms with Crippen LogP contribution in [0.15, 0.2) is 66.7 Å². The van der Waals surface area contributed by atoms with Crippen molar-refractivity contribution in [2.75, 3.05) is 12.4 Å². The number of hydrogen-bond donors (Lipinski definition) is 1. The average molecular weight is 414 g/mol. The summed E-state index contributed by atoms with van der Waals surface area (Å²) in [5, 5.41) is 3.64. The highest BCUT2D eigenvalue weighted by Gasteiger charge is 2.14. The first-order valence-electron chi connectivity index (χ1n) is 8.49. The second-order valence-corrected chi connectivity index (χ2v) is 6.90. The quantitative estimate of drug-likeness (QED) is 0.528. The van der Waals surface area contributed by atoms with Crippen molar-refractivity contribution >= 4 is 40.6 Å². The number of carbonyl (C=O) groups is 2. The number of ether oxygens (including phenoxy) is 1. The Kier molecular flexibility index (Phi) is 6.34. The Morgan fingerprint density at radius 3 is 2.32 bits per heavy atom. The Morgan fingerprint density at radius 2 is 1.64 bits per heavy atom. The lowest BCUT2D eigenvalue weighted by atomic mass is 10.0. The number of nitrogens with one attached hydrogen (secondary N) is 1. The summed E-state index contributed by atoms with van der Waals surface area (Å²) in [5.41, 5.74) is 2.15. The molecule has 0 saturated carbocycles. The molecular weight excluding hydrogens is 397 g/mol. The molecule has 1 amide bonds. The summed E-state index contributed by atoms with van der Waals surface area (Å²) in [5.74, 6) is 0.0691. The predicted molar refractivity (Wildman–Crippen MR) is 112 cm³/mol. The summed E-state index contributed by atoms with van der Waals surface area (Å²) in [7, 11) is 1.50. The molecule has 0 heterocycles. The summed E-state index contributed by atoms with van der Waals surface area (Å²) >= 11 is 11.9. The predicted octanol–water partition coefficient (Wildman–Crippen LogP) is 5.68. The molecule has 0 aromatic heterocycles. The van der Waals surface area contributed by atoms with Crippen LogP contribution in [-0.2, 0) is 6.42 Å². The number of rotatable bonds is 6. The van der Waals surface area contributed by atoms with E-state index in [1.807, 2.05) is 6.07 Å². The van der Waals surface area contributed by atoms with E-state index >= 15 is 0 Å². The monoisotopic (exact) mass is 413 g/mol. The van der Waals surface area contributed by atoms with Crippen LogP contribution < -0.4 is 10.1 Å². The number of hydrogen-bond acceptors (Lipinski definition) is 3. The zero-order valence-corrected chi connectivity index (χ0v) is 16.6. The van der Waals surface area contributed by atoms with Gasteiger partial charge in [0.25, 0.3) is 5.91 Å². The van der Waals surface area contributed by atoms with Gasteiger partial charge in [-0.1, -0.05) is 47.5 Å². The lowest BCUT2D eigenvalue weighted by Crippen LogP contribution is -2.13. The SMILES string of the molecule is COc1ccc(C(=O)Cc2ccc(Cl)c(Cl)c2)cc1NC(=O)c1ccccc1. The number of benzene rings is 3. The van der Waals surface area contributed by atoms with Gasteiger partial charge < -0.3 is 10.1 Å². The number of Topliss-reactive ketones (excluding diaryl/α,β-unsaturated/α-hetero) is 1. The maximum absolute atomic E-state index is 12.7. The van der Waals surface area contributed by atoms with Crippen LogP contribution in [0.2, 0.25) is 10.0 Å². The van der Waals surface area contributed by atoms with Gasteiger partial charge in [0.1, 0.15) is 5.75 Å². The van der Waals surface area contributed by atoms with Gasteiger partial charge in [-0.25, -0.2) is 0 Å². The van der Waals surface area contributed by atoms with Crippen molar-refractivity contribution in [2.24, 2.45) is 0 Å². The van der Waals surface area contributed by atoms with Gasteiger partial charge in [-0.15, -0.1) is 0 Å². The first-order valence-corrected chi connectivity index (χ1v) is 9.25. The third kappa shape index (κ3) is 4.71. The molecule has 142 valence electrons. The number of halogens is 2. The third-order valence-electron chi connectivity index (χ3n) is 4.15. The molecule has 28 heavy (non-hydrogen) atoms. The van der Waals surface area contributed by atoms with Gasteiger partial charge in [-0.3, -0.25) is 9.59 Å². The van der Waals surface area contributed by atoms with Gasteiger partial charge >= 0.3 is 0 Å². The minimum Gasteiger partial charge on any atom is -0.495 e. The maximum Gasteiger partial charge on any atom is 0.255 e. The number of anilines is 1. The van der Waals surface area contributed by atoms with Gasteiger partial charge in [0, 0.05) is 17.5 Å². The summed E-state index contributed by atoms with van der Waals surface area (Å²) < 4.78 is 5.31. The highest BCUT2D eigenvalue weighted by molar-refractivity contribution is 6.42. The van der Waals surface area contributed by atoms with Crippen molar-refractivity contribution < 1.29 is 14.3 Å². The van der Waals surface area contributed by atoms with E-state index in [4.69, 9.17) is 27.9 Å². The number of methoxy groups -OCH3 is 1. The molecule has 6 heteroatoms. The van der Waals surface area contributed by atoms with Crippen molar-refractivity contribution in [2.45, 2.75) is 6.42 Å². The molecule has 0 radical (unpaired) electrons. The Labute approximate surface area is 173 Å². The van der Waals surface area contributed by atoms with Crippen LogP contribution in [0.1, 0.15) is 26.3 Å². The van der Waals surface area contributed by atoms with E-state index in [9.17, 15) is 9.59 Å². The number of amides is 1. The van der Waals surface area contributed by atoms with E-state index in [1.54, 1.807) is 60.7 Å². The van der Waals surface area contributed by atoms with Crippen molar-refractivity contribution in [1.29, 1.82) is 0 Å². The van der Waals surface area contributed by atoms with Gasteiger partial charge in [0.05, 0.1) is 22.8 Å².